The molecule has 4 aromatic rings. The molecule has 0 spiro atoms. The normalized spacial score (nSPS) is 13.7. The van der Waals surface area contributed by atoms with E-state index in [2.05, 4.69) is 109 Å². The van der Waals surface area contributed by atoms with Crippen LogP contribution in [0.15, 0.2) is 109 Å². The topological polar surface area (TPSA) is 0 Å². The number of hydrogen-bond donors (Lipinski definition) is 0. The Balaban J connectivity index is 0.000000257. The summed E-state index contributed by atoms with van der Waals surface area (Å²) in [7, 11) is 0. The summed E-state index contributed by atoms with van der Waals surface area (Å²) >= 11 is 1.68. The molecule has 0 saturated heterocycles. The molecule has 0 heterocycles. The van der Waals surface area contributed by atoms with Crippen LogP contribution in [0.4, 0.5) is 0 Å². The second-order valence-corrected chi connectivity index (χ2v) is 11.1. The van der Waals surface area contributed by atoms with Crippen molar-refractivity contribution in [2.75, 3.05) is 0 Å². The average molecular weight is 613 g/mol. The van der Waals surface area contributed by atoms with E-state index in [4.69, 9.17) is 0 Å². The van der Waals surface area contributed by atoms with Crippen molar-refractivity contribution in [2.45, 2.75) is 38.5 Å². The molecule has 0 N–H and O–H groups in total. The predicted molar refractivity (Wildman–Crippen MR) is 149 cm³/mol. The van der Waals surface area contributed by atoms with E-state index in [1.807, 2.05) is 12.2 Å². The molecule has 0 unspecified atom stereocenters. The van der Waals surface area contributed by atoms with Crippen LogP contribution in [0.2, 0.25) is 0 Å². The molecule has 4 aromatic carbocycles. The van der Waals surface area contributed by atoms with Gasteiger partial charge in [-0.1, -0.05) is 95.6 Å². The van der Waals surface area contributed by atoms with Gasteiger partial charge in [0, 0.05) is 0 Å². The first-order valence-corrected chi connectivity index (χ1v) is 14.1. The Kier molecular flexibility index (Phi) is 12.2. The van der Waals surface area contributed by atoms with Crippen molar-refractivity contribution in [3.8, 4) is 33.4 Å². The molecule has 0 aromatic heterocycles. The van der Waals surface area contributed by atoms with Crippen LogP contribution in [0.3, 0.4) is 0 Å². The molecule has 1 saturated carbocycles. The Morgan fingerprint density at radius 3 is 1.87 bits per heavy atom. The summed E-state index contributed by atoms with van der Waals surface area (Å²) in [5.74, 6) is 0. The van der Waals surface area contributed by atoms with Gasteiger partial charge in [0.2, 0.25) is 0 Å². The molecule has 0 bridgehead atoms. The SMILES string of the molecule is [C-]1=CC=CC1.[Cl-].[Cl-].[Zr+2]=[C]1CCCC1.[c-]1c(-c2ccccc2)ccc2c1Cc1cc(-c3ccccc3)ccc1-2. The maximum atomic E-state index is 3.65. The molecule has 3 heteroatoms. The van der Waals surface area contributed by atoms with Gasteiger partial charge in [-0.3, -0.25) is 6.08 Å². The van der Waals surface area contributed by atoms with E-state index in [0.29, 0.717) is 0 Å². The van der Waals surface area contributed by atoms with Gasteiger partial charge in [0.05, 0.1) is 0 Å². The van der Waals surface area contributed by atoms with Crippen molar-refractivity contribution in [1.29, 1.82) is 0 Å². The molecular formula is C35H30Cl2Zr-2. The third-order valence-corrected chi connectivity index (χ3v) is 8.00. The maximum absolute atomic E-state index is 3.65. The first-order chi connectivity index (χ1) is 17.8. The number of fused-ring (bicyclic) bond motifs is 3. The van der Waals surface area contributed by atoms with Crippen LogP contribution in [-0.4, -0.2) is 3.21 Å². The van der Waals surface area contributed by atoms with E-state index >= 15 is 0 Å². The quantitative estimate of drug-likeness (QED) is 0.269. The average Bonchev–Trinajstić information content (AvgIpc) is 3.73. The molecule has 0 nitrogen and oxygen atoms in total. The minimum Gasteiger partial charge on any atom is -0.143 e. The van der Waals surface area contributed by atoms with Crippen molar-refractivity contribution in [3.63, 3.8) is 0 Å². The van der Waals surface area contributed by atoms with Gasteiger partial charge in [-0.25, -0.2) is 12.2 Å². The summed E-state index contributed by atoms with van der Waals surface area (Å²) in [5, 5.41) is 0. The van der Waals surface area contributed by atoms with Crippen LogP contribution < -0.4 is 24.8 Å². The standard InChI is InChI=1S/C25H17.C5H8.C5H5.2ClH.Zr/c1-3-7-18(8-4-1)20-11-13-24-22(15-20)17-23-16-21(12-14-25(23)24)19-9-5-2-6-10-19;2*1-2-4-5-3-1;;;/h1-15H,17H2;1-4H2;1-3H,4H2;2*1H;/q-1;;-1;;;+2/p-2. The van der Waals surface area contributed by atoms with E-state index in [1.165, 1.54) is 70.2 Å². The fraction of sp³-hybridized carbons (Fsp3) is 0.171. The van der Waals surface area contributed by atoms with Crippen molar-refractivity contribution >= 4 is 3.21 Å². The number of benzene rings is 4. The minimum atomic E-state index is 0. The minimum absolute atomic E-state index is 0. The second-order valence-electron chi connectivity index (χ2n) is 9.36. The summed E-state index contributed by atoms with van der Waals surface area (Å²) in [6, 6.07) is 36.0. The maximum Gasteiger partial charge on any atom is -0.0181 e. The van der Waals surface area contributed by atoms with Crippen LogP contribution in [0, 0.1) is 12.1 Å². The first-order valence-electron chi connectivity index (χ1n) is 12.9. The monoisotopic (exact) mass is 610 g/mol. The van der Waals surface area contributed by atoms with Crippen LogP contribution in [0.5, 0.6) is 0 Å². The van der Waals surface area contributed by atoms with Crippen molar-refractivity contribution < 1.29 is 49.0 Å². The third-order valence-electron chi connectivity index (χ3n) is 6.77. The Bertz CT molecular complexity index is 1280. The van der Waals surface area contributed by atoms with Crippen molar-refractivity contribution in [2.24, 2.45) is 0 Å². The molecule has 0 aliphatic heterocycles. The molecule has 3 aliphatic carbocycles. The van der Waals surface area contributed by atoms with Crippen molar-refractivity contribution in [1.82, 2.24) is 0 Å². The molecule has 3 aliphatic rings. The van der Waals surface area contributed by atoms with Crippen LogP contribution in [0.1, 0.15) is 43.2 Å². The third kappa shape index (κ3) is 7.86. The van der Waals surface area contributed by atoms with Gasteiger partial charge >= 0.3 is 53.1 Å². The summed E-state index contributed by atoms with van der Waals surface area (Å²) in [4.78, 5) is 0. The van der Waals surface area contributed by atoms with E-state index in [0.717, 1.165) is 12.8 Å². The Morgan fingerprint density at radius 2 is 1.32 bits per heavy atom. The van der Waals surface area contributed by atoms with Gasteiger partial charge in [0.15, 0.2) is 0 Å². The summed E-state index contributed by atoms with van der Waals surface area (Å²) in [6.07, 6.45) is 16.8. The zero-order valence-electron chi connectivity index (χ0n) is 21.4. The fourth-order valence-electron chi connectivity index (χ4n) is 4.86. The van der Waals surface area contributed by atoms with E-state index < -0.39 is 0 Å². The zero-order chi connectivity index (χ0) is 24.6. The number of hydrogen-bond acceptors (Lipinski definition) is 0. The molecule has 1 fully saturated rings. The van der Waals surface area contributed by atoms with E-state index in [1.54, 1.807) is 27.4 Å². The molecule has 0 atom stereocenters. The summed E-state index contributed by atoms with van der Waals surface area (Å²) < 4.78 is 1.79. The Labute approximate surface area is 255 Å². The molecular weight excluding hydrogens is 583 g/mol. The fourth-order valence-corrected chi connectivity index (χ4v) is 5.73. The predicted octanol–water partition coefficient (Wildman–Crippen LogP) is 2.99. The van der Waals surface area contributed by atoms with Gasteiger partial charge in [0.1, 0.15) is 0 Å². The van der Waals surface area contributed by atoms with Crippen LogP contribution in [-0.2, 0) is 30.7 Å². The number of rotatable bonds is 2. The number of halogens is 2. The molecule has 190 valence electrons. The van der Waals surface area contributed by atoms with E-state index in [-0.39, 0.29) is 24.8 Å². The number of allylic oxidation sites excluding steroid dienone is 4. The van der Waals surface area contributed by atoms with Gasteiger partial charge in [-0.05, 0) is 23.1 Å². The first kappa shape index (κ1) is 30.2. The van der Waals surface area contributed by atoms with Crippen LogP contribution >= 0.6 is 0 Å². The zero-order valence-corrected chi connectivity index (χ0v) is 25.4. The van der Waals surface area contributed by atoms with Gasteiger partial charge in [-0.15, -0.1) is 35.7 Å². The molecule has 7 rings (SSSR count). The smallest absolute Gasteiger partial charge is 0.0181 e. The molecule has 0 amide bonds. The van der Waals surface area contributed by atoms with Crippen LogP contribution in [0.25, 0.3) is 33.4 Å². The Morgan fingerprint density at radius 1 is 0.658 bits per heavy atom. The largest absolute Gasteiger partial charge is 0.143 e. The van der Waals surface area contributed by atoms with Gasteiger partial charge < -0.3 is 24.8 Å². The Hall–Kier alpha value is -2.31. The summed E-state index contributed by atoms with van der Waals surface area (Å²) in [5.41, 5.74) is 10.4. The van der Waals surface area contributed by atoms with Gasteiger partial charge in [0.25, 0.3) is 0 Å². The molecule has 0 radical (unpaired) electrons. The van der Waals surface area contributed by atoms with Gasteiger partial charge in [-0.2, -0.15) is 6.08 Å². The van der Waals surface area contributed by atoms with E-state index in [9.17, 15) is 0 Å². The summed E-state index contributed by atoms with van der Waals surface area (Å²) in [6.45, 7) is 0. The van der Waals surface area contributed by atoms with Crippen molar-refractivity contribution in [3.05, 3.63) is 132 Å². The molecule has 38 heavy (non-hydrogen) atoms. The second kappa shape index (κ2) is 15.3.